The second-order valence-electron chi connectivity index (χ2n) is 12.0. The molecule has 0 N–H and O–H groups in total. The van der Waals surface area contributed by atoms with Crippen LogP contribution in [0.15, 0.2) is 55.1 Å². The molecule has 3 aromatic rings. The predicted octanol–water partition coefficient (Wildman–Crippen LogP) is 5.74. The maximum atomic E-state index is 13.9. The first-order valence-corrected chi connectivity index (χ1v) is 14.4. The zero-order valence-corrected chi connectivity index (χ0v) is 25.1. The summed E-state index contributed by atoms with van der Waals surface area (Å²) in [7, 11) is 1.49. The average Bonchev–Trinajstić information content (AvgIpc) is 3.45. The number of anilines is 1. The lowest BCUT2D eigenvalue weighted by Crippen LogP contribution is -2.55. The number of methoxy groups -OCH3 is 1. The highest BCUT2D eigenvalue weighted by Gasteiger charge is 2.42. The second-order valence-corrected chi connectivity index (χ2v) is 12.4. The van der Waals surface area contributed by atoms with Crippen LogP contribution in [-0.2, 0) is 22.5 Å². The lowest BCUT2D eigenvalue weighted by molar-refractivity contribution is -0.141. The monoisotopic (exact) mass is 598 g/mol. The van der Waals surface area contributed by atoms with E-state index in [1.807, 2.05) is 18.3 Å². The number of benzene rings is 2. The Morgan fingerprint density at radius 1 is 1.17 bits per heavy atom. The Morgan fingerprint density at radius 3 is 2.50 bits per heavy atom. The van der Waals surface area contributed by atoms with E-state index < -0.39 is 17.8 Å². The first kappa shape index (κ1) is 29.7. The smallest absolute Gasteiger partial charge is 0.415 e. The van der Waals surface area contributed by atoms with Crippen molar-refractivity contribution in [2.75, 3.05) is 31.6 Å². The van der Waals surface area contributed by atoms with Gasteiger partial charge < -0.3 is 23.7 Å². The Hall–Kier alpha value is -3.79. The fraction of sp³-hybridized carbons (Fsp3) is 0.452. The van der Waals surface area contributed by atoms with Crippen LogP contribution in [0.1, 0.15) is 39.2 Å². The maximum Gasteiger partial charge on any atom is 0.415 e. The second kappa shape index (κ2) is 11.8. The van der Waals surface area contributed by atoms with Crippen molar-refractivity contribution in [2.24, 2.45) is 5.41 Å². The van der Waals surface area contributed by atoms with Crippen molar-refractivity contribution in [3.63, 3.8) is 0 Å². The van der Waals surface area contributed by atoms with Gasteiger partial charge in [-0.2, -0.15) is 0 Å². The standard InChI is InChI=1S/C31H36ClFN4O5/c1-30(2,3)42-29(39)37-18-27(41-26-16-25(40-4)23(32)15-24(26)37)28(38)36-12-9-31(10-13-36,19-35-14-11-34-20-35)17-21-5-7-22(33)8-6-21/h5-8,11,14-16,20,27H,9-10,12-13,17-19H2,1-4H3. The zero-order chi connectivity index (χ0) is 30.1. The Balaban J connectivity index is 1.35. The molecule has 42 heavy (non-hydrogen) atoms. The number of carbonyl (C=O) groups excluding carboxylic acids is 2. The van der Waals surface area contributed by atoms with Gasteiger partial charge in [0.15, 0.2) is 6.10 Å². The molecule has 0 spiro atoms. The van der Waals surface area contributed by atoms with E-state index in [-0.39, 0.29) is 23.7 Å². The van der Waals surface area contributed by atoms with Gasteiger partial charge in [-0.3, -0.25) is 9.69 Å². The largest absolute Gasteiger partial charge is 0.495 e. The number of ether oxygens (including phenoxy) is 3. The molecule has 1 unspecified atom stereocenters. The molecule has 3 heterocycles. The molecule has 0 bridgehead atoms. The van der Waals surface area contributed by atoms with E-state index in [1.54, 1.807) is 50.3 Å². The van der Waals surface area contributed by atoms with Crippen molar-refractivity contribution in [1.82, 2.24) is 14.5 Å². The molecule has 5 rings (SSSR count). The van der Waals surface area contributed by atoms with E-state index >= 15 is 0 Å². The highest BCUT2D eigenvalue weighted by atomic mass is 35.5. The number of likely N-dealkylation sites (tertiary alicyclic amines) is 1. The molecule has 0 radical (unpaired) electrons. The topological polar surface area (TPSA) is 86.1 Å². The summed E-state index contributed by atoms with van der Waals surface area (Å²) in [5.74, 6) is 0.212. The molecule has 1 saturated heterocycles. The van der Waals surface area contributed by atoms with Crippen LogP contribution < -0.4 is 14.4 Å². The molecule has 0 saturated carbocycles. The van der Waals surface area contributed by atoms with E-state index in [0.29, 0.717) is 35.3 Å². The minimum absolute atomic E-state index is 0.0182. The quantitative estimate of drug-likeness (QED) is 0.360. The number of aromatic nitrogens is 2. The van der Waals surface area contributed by atoms with Crippen molar-refractivity contribution in [1.29, 1.82) is 0 Å². The van der Waals surface area contributed by atoms with Crippen molar-refractivity contribution in [2.45, 2.75) is 58.3 Å². The van der Waals surface area contributed by atoms with E-state index in [4.69, 9.17) is 25.8 Å². The van der Waals surface area contributed by atoms with Crippen molar-refractivity contribution in [3.05, 3.63) is 71.5 Å². The summed E-state index contributed by atoms with van der Waals surface area (Å²) in [6.45, 7) is 7.08. The van der Waals surface area contributed by atoms with E-state index in [9.17, 15) is 14.0 Å². The summed E-state index contributed by atoms with van der Waals surface area (Å²) in [4.78, 5) is 34.5. The van der Waals surface area contributed by atoms with E-state index in [2.05, 4.69) is 9.55 Å². The number of piperidine rings is 1. The van der Waals surface area contributed by atoms with Gasteiger partial charge in [0, 0.05) is 38.1 Å². The molecular formula is C31H36ClFN4O5. The molecule has 1 aromatic heterocycles. The van der Waals surface area contributed by atoms with Crippen molar-refractivity contribution in [3.8, 4) is 11.5 Å². The summed E-state index contributed by atoms with van der Waals surface area (Å²) < 4.78 is 32.8. The zero-order valence-electron chi connectivity index (χ0n) is 24.3. The Morgan fingerprint density at radius 2 is 1.88 bits per heavy atom. The lowest BCUT2D eigenvalue weighted by atomic mass is 9.73. The number of amides is 2. The number of hydrogen-bond acceptors (Lipinski definition) is 6. The summed E-state index contributed by atoms with van der Waals surface area (Å²) >= 11 is 6.37. The third-order valence-electron chi connectivity index (χ3n) is 7.74. The number of rotatable bonds is 6. The third kappa shape index (κ3) is 6.64. The van der Waals surface area contributed by atoms with Gasteiger partial charge in [0.1, 0.15) is 22.9 Å². The predicted molar refractivity (Wildman–Crippen MR) is 157 cm³/mol. The maximum absolute atomic E-state index is 13.9. The molecule has 2 amide bonds. The van der Waals surface area contributed by atoms with E-state index in [0.717, 1.165) is 31.4 Å². The van der Waals surface area contributed by atoms with Crippen LogP contribution >= 0.6 is 11.6 Å². The Bertz CT molecular complexity index is 1420. The number of halogens is 2. The van der Waals surface area contributed by atoms with Gasteiger partial charge in [-0.1, -0.05) is 23.7 Å². The average molecular weight is 599 g/mol. The van der Waals surface area contributed by atoms with E-state index in [1.165, 1.54) is 24.1 Å². The molecule has 2 aliphatic rings. The van der Waals surface area contributed by atoms with Gasteiger partial charge in [-0.15, -0.1) is 0 Å². The molecule has 2 aromatic carbocycles. The van der Waals surface area contributed by atoms with Crippen LogP contribution in [0, 0.1) is 11.2 Å². The molecular weight excluding hydrogens is 563 g/mol. The van der Waals surface area contributed by atoms with Crippen LogP contribution in [0.2, 0.25) is 5.02 Å². The molecule has 9 nitrogen and oxygen atoms in total. The number of fused-ring (bicyclic) bond motifs is 1. The SMILES string of the molecule is COc1cc2c(cc1Cl)N(C(=O)OC(C)(C)C)CC(C(=O)N1CCC(Cc3ccc(F)cc3)(Cn3ccnc3)CC1)O2. The Kier molecular flexibility index (Phi) is 8.37. The van der Waals surface area contributed by atoms with Gasteiger partial charge in [-0.25, -0.2) is 14.2 Å². The first-order chi connectivity index (χ1) is 19.9. The number of carbonyl (C=O) groups is 2. The molecule has 1 fully saturated rings. The minimum Gasteiger partial charge on any atom is -0.495 e. The van der Waals surface area contributed by atoms with Gasteiger partial charge in [0.05, 0.1) is 30.7 Å². The highest BCUT2D eigenvalue weighted by molar-refractivity contribution is 6.32. The Labute approximate surface area is 250 Å². The van der Waals surface area contributed by atoms with Gasteiger partial charge in [0.25, 0.3) is 5.91 Å². The first-order valence-electron chi connectivity index (χ1n) is 14.0. The fourth-order valence-electron chi connectivity index (χ4n) is 5.66. The van der Waals surface area contributed by atoms with Gasteiger partial charge in [-0.05, 0) is 69.2 Å². The molecule has 2 aliphatic heterocycles. The van der Waals surface area contributed by atoms with Crippen molar-refractivity contribution < 1.29 is 28.2 Å². The summed E-state index contributed by atoms with van der Waals surface area (Å²) in [5, 5.41) is 0.310. The van der Waals surface area contributed by atoms with Crippen LogP contribution in [0.25, 0.3) is 0 Å². The van der Waals surface area contributed by atoms with Crippen LogP contribution in [-0.4, -0.2) is 64.9 Å². The van der Waals surface area contributed by atoms with Gasteiger partial charge in [0.2, 0.25) is 0 Å². The van der Waals surface area contributed by atoms with Gasteiger partial charge >= 0.3 is 6.09 Å². The third-order valence-corrected chi connectivity index (χ3v) is 8.03. The van der Waals surface area contributed by atoms with Crippen molar-refractivity contribution >= 4 is 29.3 Å². The minimum atomic E-state index is -0.936. The van der Waals surface area contributed by atoms with Crippen LogP contribution in [0.5, 0.6) is 11.5 Å². The highest BCUT2D eigenvalue weighted by Crippen LogP contribution is 2.42. The summed E-state index contributed by atoms with van der Waals surface area (Å²) in [6.07, 6.45) is 6.16. The summed E-state index contributed by atoms with van der Waals surface area (Å²) in [5.41, 5.74) is 0.573. The normalized spacial score (nSPS) is 18.2. The number of hydrogen-bond donors (Lipinski definition) is 0. The molecule has 11 heteroatoms. The fourth-order valence-corrected chi connectivity index (χ4v) is 5.89. The van der Waals surface area contributed by atoms with Crippen LogP contribution in [0.3, 0.4) is 0 Å². The molecule has 1 atom stereocenters. The molecule has 0 aliphatic carbocycles. The molecule has 224 valence electrons. The lowest BCUT2D eigenvalue weighted by Gasteiger charge is -2.44. The van der Waals surface area contributed by atoms with Crippen LogP contribution in [0.4, 0.5) is 14.9 Å². The summed E-state index contributed by atoms with van der Waals surface area (Å²) in [6, 6.07) is 9.78. The number of nitrogens with zero attached hydrogens (tertiary/aromatic N) is 4. The number of imidazole rings is 1.